The van der Waals surface area contributed by atoms with E-state index in [1.807, 2.05) is 0 Å². The van der Waals surface area contributed by atoms with Crippen molar-refractivity contribution in [3.05, 3.63) is 65.7 Å². The first-order chi connectivity index (χ1) is 11.9. The molecule has 0 atom stereocenters. The minimum Gasteiger partial charge on any atom is -0.356 e. The van der Waals surface area contributed by atoms with Crippen LogP contribution >= 0.6 is 0 Å². The summed E-state index contributed by atoms with van der Waals surface area (Å²) >= 11 is 0. The van der Waals surface area contributed by atoms with Crippen LogP contribution in [-0.2, 0) is 6.18 Å². The molecule has 0 aliphatic carbocycles. The predicted molar refractivity (Wildman–Crippen MR) is 85.8 cm³/mol. The Hall–Kier alpha value is -3.09. The highest BCUT2D eigenvalue weighted by Crippen LogP contribution is 2.33. The van der Waals surface area contributed by atoms with Crippen LogP contribution in [-0.4, -0.2) is 18.1 Å². The van der Waals surface area contributed by atoms with Gasteiger partial charge in [-0.2, -0.15) is 13.2 Å². The van der Waals surface area contributed by atoms with E-state index in [1.165, 1.54) is 25.2 Å². The van der Waals surface area contributed by atoms with Crippen LogP contribution in [0.5, 0.6) is 0 Å². The van der Waals surface area contributed by atoms with Crippen LogP contribution < -0.4 is 5.32 Å². The molecule has 0 unspecified atom stereocenters. The van der Waals surface area contributed by atoms with Crippen molar-refractivity contribution < 1.29 is 22.5 Å². The molecule has 0 aliphatic heterocycles. The van der Waals surface area contributed by atoms with Gasteiger partial charge in [-0.1, -0.05) is 35.5 Å². The summed E-state index contributed by atoms with van der Waals surface area (Å²) in [4.78, 5) is 11.9. The van der Waals surface area contributed by atoms with Crippen LogP contribution in [0.2, 0.25) is 0 Å². The molecule has 128 valence electrons. The highest BCUT2D eigenvalue weighted by Gasteiger charge is 2.30. The molecule has 0 fully saturated rings. The third kappa shape index (κ3) is 3.40. The quantitative estimate of drug-likeness (QED) is 0.765. The van der Waals surface area contributed by atoms with Crippen molar-refractivity contribution >= 4 is 5.91 Å². The first-order valence-electron chi connectivity index (χ1n) is 7.36. The Morgan fingerprint density at radius 2 is 1.84 bits per heavy atom. The number of alkyl halides is 3. The lowest BCUT2D eigenvalue weighted by molar-refractivity contribution is -0.137. The van der Waals surface area contributed by atoms with Crippen molar-refractivity contribution in [2.75, 3.05) is 7.05 Å². The second-order valence-electron chi connectivity index (χ2n) is 5.28. The predicted octanol–water partition coefficient (Wildman–Crippen LogP) is 4.39. The minimum atomic E-state index is -4.44. The Morgan fingerprint density at radius 3 is 2.56 bits per heavy atom. The second-order valence-corrected chi connectivity index (χ2v) is 5.28. The molecule has 2 aromatic carbocycles. The summed E-state index contributed by atoms with van der Waals surface area (Å²) in [5, 5.41) is 6.43. The third-order valence-corrected chi connectivity index (χ3v) is 3.66. The van der Waals surface area contributed by atoms with Gasteiger partial charge < -0.3 is 9.84 Å². The number of halogens is 3. The topological polar surface area (TPSA) is 55.1 Å². The van der Waals surface area contributed by atoms with Gasteiger partial charge in [0.1, 0.15) is 5.69 Å². The number of carbonyl (C=O) groups excluding carboxylic acids is 1. The Bertz CT molecular complexity index is 916. The summed E-state index contributed by atoms with van der Waals surface area (Å²) in [6, 6.07) is 13.1. The van der Waals surface area contributed by atoms with Crippen molar-refractivity contribution in [3.8, 4) is 22.6 Å². The molecule has 1 N–H and O–H groups in total. The highest BCUT2D eigenvalue weighted by molar-refractivity contribution is 6.00. The molecule has 1 aromatic heterocycles. The number of benzene rings is 2. The Morgan fingerprint density at radius 1 is 1.08 bits per heavy atom. The molecule has 3 rings (SSSR count). The molecule has 0 aliphatic rings. The monoisotopic (exact) mass is 346 g/mol. The number of amides is 1. The average Bonchev–Trinajstić information content (AvgIpc) is 3.10. The van der Waals surface area contributed by atoms with Gasteiger partial charge in [0, 0.05) is 29.8 Å². The fourth-order valence-electron chi connectivity index (χ4n) is 2.43. The summed E-state index contributed by atoms with van der Waals surface area (Å²) in [6.07, 6.45) is -4.44. The number of carbonyl (C=O) groups is 1. The Labute approximate surface area is 141 Å². The second kappa shape index (κ2) is 6.43. The van der Waals surface area contributed by atoms with Crippen molar-refractivity contribution in [3.63, 3.8) is 0 Å². The Balaban J connectivity index is 2.01. The van der Waals surface area contributed by atoms with E-state index in [0.717, 1.165) is 12.1 Å². The van der Waals surface area contributed by atoms with E-state index in [4.69, 9.17) is 4.52 Å². The molecule has 3 aromatic rings. The zero-order valence-electron chi connectivity index (χ0n) is 13.1. The van der Waals surface area contributed by atoms with Gasteiger partial charge in [-0.15, -0.1) is 0 Å². The maximum atomic E-state index is 12.8. The van der Waals surface area contributed by atoms with Gasteiger partial charge in [0.25, 0.3) is 5.91 Å². The summed E-state index contributed by atoms with van der Waals surface area (Å²) in [5.41, 5.74) is 0.782. The van der Waals surface area contributed by atoms with Crippen LogP contribution in [0.4, 0.5) is 13.2 Å². The molecule has 25 heavy (non-hydrogen) atoms. The maximum absolute atomic E-state index is 12.8. The van der Waals surface area contributed by atoms with Crippen LogP contribution in [0.1, 0.15) is 15.9 Å². The zero-order valence-corrected chi connectivity index (χ0v) is 13.1. The lowest BCUT2D eigenvalue weighted by Gasteiger charge is -2.06. The SMILES string of the molecule is CNC(=O)c1ccccc1-c1cc(-c2cccc(C(F)(F)F)c2)on1. The largest absolute Gasteiger partial charge is 0.416 e. The molecule has 0 saturated heterocycles. The molecule has 0 saturated carbocycles. The number of nitrogens with zero attached hydrogens (tertiary/aromatic N) is 1. The minimum absolute atomic E-state index is 0.188. The van der Waals surface area contributed by atoms with Crippen molar-refractivity contribution in [1.82, 2.24) is 10.5 Å². The molecule has 1 amide bonds. The number of hydrogen-bond donors (Lipinski definition) is 1. The van der Waals surface area contributed by atoms with E-state index in [1.54, 1.807) is 24.3 Å². The van der Waals surface area contributed by atoms with E-state index < -0.39 is 11.7 Å². The average molecular weight is 346 g/mol. The molecule has 0 spiro atoms. The maximum Gasteiger partial charge on any atom is 0.416 e. The van der Waals surface area contributed by atoms with Gasteiger partial charge >= 0.3 is 6.18 Å². The van der Waals surface area contributed by atoms with Crippen LogP contribution in [0.15, 0.2) is 59.1 Å². The van der Waals surface area contributed by atoms with E-state index in [-0.39, 0.29) is 17.2 Å². The lowest BCUT2D eigenvalue weighted by atomic mass is 10.0. The van der Waals surface area contributed by atoms with Crippen molar-refractivity contribution in [2.24, 2.45) is 0 Å². The number of aromatic nitrogens is 1. The molecule has 0 bridgehead atoms. The van der Waals surface area contributed by atoms with Crippen LogP contribution in [0.25, 0.3) is 22.6 Å². The summed E-state index contributed by atoms with van der Waals surface area (Å²) in [6.45, 7) is 0. The summed E-state index contributed by atoms with van der Waals surface area (Å²) in [5.74, 6) is -0.105. The smallest absolute Gasteiger partial charge is 0.356 e. The Kier molecular flexibility index (Phi) is 4.31. The van der Waals surface area contributed by atoms with Gasteiger partial charge in [-0.05, 0) is 18.2 Å². The normalized spacial score (nSPS) is 11.4. The zero-order chi connectivity index (χ0) is 18.0. The number of hydrogen-bond acceptors (Lipinski definition) is 3. The van der Waals surface area contributed by atoms with Crippen molar-refractivity contribution in [2.45, 2.75) is 6.18 Å². The third-order valence-electron chi connectivity index (χ3n) is 3.66. The van der Waals surface area contributed by atoms with E-state index >= 15 is 0 Å². The fraction of sp³-hybridized carbons (Fsp3) is 0.111. The van der Waals surface area contributed by atoms with Gasteiger partial charge in [-0.25, -0.2) is 0 Å². The van der Waals surface area contributed by atoms with E-state index in [9.17, 15) is 18.0 Å². The van der Waals surface area contributed by atoms with Gasteiger partial charge in [0.05, 0.1) is 5.56 Å². The van der Waals surface area contributed by atoms with Gasteiger partial charge in [-0.3, -0.25) is 4.79 Å². The first kappa shape index (κ1) is 16.8. The lowest BCUT2D eigenvalue weighted by Crippen LogP contribution is -2.18. The number of rotatable bonds is 3. The molecular formula is C18H13F3N2O2. The highest BCUT2D eigenvalue weighted by atomic mass is 19.4. The van der Waals surface area contributed by atoms with Gasteiger partial charge in [0.15, 0.2) is 5.76 Å². The molecule has 1 heterocycles. The summed E-state index contributed by atoms with van der Waals surface area (Å²) in [7, 11) is 1.51. The molecular weight excluding hydrogens is 333 g/mol. The first-order valence-corrected chi connectivity index (χ1v) is 7.36. The molecule has 0 radical (unpaired) electrons. The van der Waals surface area contributed by atoms with Gasteiger partial charge in [0.2, 0.25) is 0 Å². The standard InChI is InChI=1S/C18H13F3N2O2/c1-22-17(24)14-8-3-2-7-13(14)15-10-16(25-23-15)11-5-4-6-12(9-11)18(19,20)21/h2-10H,1H3,(H,22,24). The number of nitrogens with one attached hydrogen (secondary N) is 1. The molecule has 7 heteroatoms. The van der Waals surface area contributed by atoms with E-state index in [0.29, 0.717) is 16.8 Å². The van der Waals surface area contributed by atoms with Crippen LogP contribution in [0, 0.1) is 0 Å². The molecule has 4 nitrogen and oxygen atoms in total. The van der Waals surface area contributed by atoms with Crippen LogP contribution in [0.3, 0.4) is 0 Å². The summed E-state index contributed by atoms with van der Waals surface area (Å²) < 4.78 is 43.7. The fourth-order valence-corrected chi connectivity index (χ4v) is 2.43. The van der Waals surface area contributed by atoms with E-state index in [2.05, 4.69) is 10.5 Å². The van der Waals surface area contributed by atoms with Crippen molar-refractivity contribution in [1.29, 1.82) is 0 Å².